The van der Waals surface area contributed by atoms with Gasteiger partial charge in [-0.25, -0.2) is 4.57 Å². The summed E-state index contributed by atoms with van der Waals surface area (Å²) in [6.45, 7) is 6.85. The lowest BCUT2D eigenvalue weighted by Gasteiger charge is -2.07. The van der Waals surface area contributed by atoms with Gasteiger partial charge in [-0.3, -0.25) is 0 Å². The summed E-state index contributed by atoms with van der Waals surface area (Å²) in [5.74, 6) is 2.11. The normalized spacial score (nSPS) is 21.7. The second-order valence-corrected chi connectivity index (χ2v) is 6.45. The number of aromatic nitrogens is 1. The van der Waals surface area contributed by atoms with Crippen LogP contribution in [0.5, 0.6) is 0 Å². The Bertz CT molecular complexity index is 618. The first kappa shape index (κ1) is 12.7. The maximum Gasteiger partial charge on any atom is 0.176 e. The third-order valence-electron chi connectivity index (χ3n) is 4.12. The number of hydrogen-bond donors (Lipinski definition) is 0. The molecular formula is C17H22BN+. The molecule has 2 atom stereocenters. The topological polar surface area (TPSA) is 3.88 Å². The van der Waals surface area contributed by atoms with Gasteiger partial charge in [0.1, 0.15) is 14.3 Å². The van der Waals surface area contributed by atoms with Crippen LogP contribution in [0, 0.1) is 5.92 Å². The lowest BCUT2D eigenvalue weighted by molar-refractivity contribution is -0.677. The molecule has 2 aromatic rings. The molecule has 1 fully saturated rings. The summed E-state index contributed by atoms with van der Waals surface area (Å²) in [6.07, 6.45) is 3.43. The second-order valence-electron chi connectivity index (χ2n) is 6.45. The molecule has 0 saturated carbocycles. The Hall–Kier alpha value is -1.31. The van der Waals surface area contributed by atoms with Crippen molar-refractivity contribution >= 4 is 18.1 Å². The van der Waals surface area contributed by atoms with Gasteiger partial charge in [0.25, 0.3) is 0 Å². The molecule has 0 spiro atoms. The van der Waals surface area contributed by atoms with Crippen molar-refractivity contribution in [1.82, 2.24) is 0 Å². The highest BCUT2D eigenvalue weighted by Crippen LogP contribution is 2.42. The van der Waals surface area contributed by atoms with E-state index < -0.39 is 0 Å². The van der Waals surface area contributed by atoms with Crippen molar-refractivity contribution < 1.29 is 4.57 Å². The summed E-state index contributed by atoms with van der Waals surface area (Å²) in [6, 6.07) is 9.28. The molecular weight excluding hydrogens is 229 g/mol. The Morgan fingerprint density at radius 3 is 2.58 bits per heavy atom. The summed E-state index contributed by atoms with van der Waals surface area (Å²) in [5, 5.41) is 2.73. The third kappa shape index (κ3) is 2.54. The molecule has 2 heteroatoms. The van der Waals surface area contributed by atoms with Crippen molar-refractivity contribution in [2.45, 2.75) is 38.8 Å². The van der Waals surface area contributed by atoms with E-state index in [2.05, 4.69) is 70.1 Å². The van der Waals surface area contributed by atoms with Gasteiger partial charge in [0.05, 0.1) is 0 Å². The molecule has 0 N–H and O–H groups in total. The quantitative estimate of drug-likeness (QED) is 0.581. The van der Waals surface area contributed by atoms with E-state index in [1.807, 2.05) is 0 Å². The van der Waals surface area contributed by atoms with Gasteiger partial charge in [-0.15, -0.1) is 0 Å². The van der Waals surface area contributed by atoms with Gasteiger partial charge >= 0.3 is 0 Å². The zero-order valence-electron chi connectivity index (χ0n) is 12.4. The number of pyridine rings is 1. The molecule has 0 aliphatic carbocycles. The minimum atomic E-state index is 0.656. The van der Waals surface area contributed by atoms with Gasteiger partial charge in [-0.05, 0) is 29.4 Å². The summed E-state index contributed by atoms with van der Waals surface area (Å²) in [7, 11) is 4.58. The van der Waals surface area contributed by atoms with E-state index in [1.54, 1.807) is 0 Å². The summed E-state index contributed by atoms with van der Waals surface area (Å²) < 4.78 is 2.29. The molecule has 1 aliphatic rings. The van der Waals surface area contributed by atoms with Crippen LogP contribution >= 0.6 is 0 Å². The number of nitrogens with zero attached hydrogens (tertiary/aromatic N) is 1. The van der Waals surface area contributed by atoms with Crippen LogP contribution in [0.1, 0.15) is 37.8 Å². The van der Waals surface area contributed by atoms with Crippen molar-refractivity contribution in [3.05, 3.63) is 41.7 Å². The number of hydrogen-bond acceptors (Lipinski definition) is 0. The maximum atomic E-state index is 2.42. The molecule has 1 nitrogen and oxygen atoms in total. The number of fused-ring (bicyclic) bond motifs is 1. The van der Waals surface area contributed by atoms with E-state index in [9.17, 15) is 0 Å². The Labute approximate surface area is 116 Å². The number of rotatable bonds is 3. The number of benzene rings is 1. The predicted molar refractivity (Wildman–Crippen MR) is 81.6 cm³/mol. The van der Waals surface area contributed by atoms with Crippen molar-refractivity contribution in [3.8, 4) is 0 Å². The van der Waals surface area contributed by atoms with Gasteiger partial charge in [0.15, 0.2) is 11.9 Å². The molecule has 1 radical (unpaired) electrons. The van der Waals surface area contributed by atoms with Gasteiger partial charge in [-0.1, -0.05) is 38.7 Å². The van der Waals surface area contributed by atoms with Gasteiger partial charge in [0, 0.05) is 17.3 Å². The highest BCUT2D eigenvalue weighted by Gasteiger charge is 2.41. The molecule has 2 unspecified atom stereocenters. The van der Waals surface area contributed by atoms with E-state index in [4.69, 9.17) is 0 Å². The fourth-order valence-electron chi connectivity index (χ4n) is 2.97. The fraction of sp³-hybridized carbons (Fsp3) is 0.471. The molecule has 2 heterocycles. The van der Waals surface area contributed by atoms with Gasteiger partial charge < -0.3 is 0 Å². The lowest BCUT2D eigenvalue weighted by atomic mass is 9.96. The summed E-state index contributed by atoms with van der Waals surface area (Å²) in [4.78, 5) is 0. The van der Waals surface area contributed by atoms with Crippen LogP contribution in [0.3, 0.4) is 0 Å². The smallest absolute Gasteiger partial charge is 0.176 e. The van der Waals surface area contributed by atoms with E-state index >= 15 is 0 Å². The zero-order chi connectivity index (χ0) is 13.6. The van der Waals surface area contributed by atoms with E-state index in [0.717, 1.165) is 12.2 Å². The lowest BCUT2D eigenvalue weighted by Crippen LogP contribution is -2.32. The van der Waals surface area contributed by atoms with Crippen LogP contribution in [-0.2, 0) is 13.5 Å². The molecule has 0 bridgehead atoms. The first-order valence-electron chi connectivity index (χ1n) is 7.32. The van der Waals surface area contributed by atoms with Crippen LogP contribution in [0.25, 0.3) is 10.8 Å². The minimum Gasteiger partial charge on any atom is -0.205 e. The molecule has 1 saturated heterocycles. The van der Waals surface area contributed by atoms with Crippen molar-refractivity contribution in [3.63, 3.8) is 0 Å². The Morgan fingerprint density at radius 2 is 1.95 bits per heavy atom. The SMILES string of the molecule is CC(C)Cc1ccc2c[n+](C)c(C3[B]C3C)cc2c1. The van der Waals surface area contributed by atoms with Crippen LogP contribution in [0.2, 0.25) is 5.82 Å². The largest absolute Gasteiger partial charge is 0.205 e. The highest BCUT2D eigenvalue weighted by molar-refractivity contribution is 6.53. The first-order chi connectivity index (χ1) is 9.04. The van der Waals surface area contributed by atoms with Crippen molar-refractivity contribution in [2.24, 2.45) is 13.0 Å². The average Bonchev–Trinajstić information content (AvgIpc) is 3.05. The molecule has 1 aromatic heterocycles. The molecule has 1 aromatic carbocycles. The van der Waals surface area contributed by atoms with E-state index in [-0.39, 0.29) is 0 Å². The maximum absolute atomic E-state index is 2.42. The van der Waals surface area contributed by atoms with Crippen LogP contribution < -0.4 is 4.57 Å². The van der Waals surface area contributed by atoms with E-state index in [0.29, 0.717) is 11.7 Å². The third-order valence-corrected chi connectivity index (χ3v) is 4.12. The average molecular weight is 251 g/mol. The summed E-state index contributed by atoms with van der Waals surface area (Å²) in [5.41, 5.74) is 2.90. The van der Waals surface area contributed by atoms with Crippen LogP contribution in [0.15, 0.2) is 30.5 Å². The fourth-order valence-corrected chi connectivity index (χ4v) is 2.97. The van der Waals surface area contributed by atoms with E-state index in [1.165, 1.54) is 22.0 Å². The van der Waals surface area contributed by atoms with Crippen LogP contribution in [0.4, 0.5) is 0 Å². The van der Waals surface area contributed by atoms with Gasteiger partial charge in [0.2, 0.25) is 0 Å². The summed E-state index contributed by atoms with van der Waals surface area (Å²) >= 11 is 0. The molecule has 3 rings (SSSR count). The minimum absolute atomic E-state index is 0.656. The predicted octanol–water partition coefficient (Wildman–Crippen LogP) is 3.43. The van der Waals surface area contributed by atoms with Crippen molar-refractivity contribution in [2.75, 3.05) is 0 Å². The zero-order valence-corrected chi connectivity index (χ0v) is 12.4. The standard InChI is InChI=1S/C17H22BN/c1-11(2)7-13-5-6-14-10-19(4)16(9-15(14)8-13)17-12(3)18-17/h5-6,8-12,17H,7H2,1-4H3/q+1. The Balaban J connectivity index is 2.03. The first-order valence-corrected chi connectivity index (χ1v) is 7.32. The van der Waals surface area contributed by atoms with Crippen LogP contribution in [-0.4, -0.2) is 7.28 Å². The Morgan fingerprint density at radius 1 is 1.21 bits per heavy atom. The number of aryl methyl sites for hydroxylation is 1. The molecule has 97 valence electrons. The van der Waals surface area contributed by atoms with Crippen molar-refractivity contribution in [1.29, 1.82) is 0 Å². The highest BCUT2D eigenvalue weighted by atomic mass is 14.9. The molecule has 0 amide bonds. The monoisotopic (exact) mass is 251 g/mol. The molecule has 19 heavy (non-hydrogen) atoms. The second kappa shape index (κ2) is 4.66. The molecule has 1 aliphatic heterocycles. The van der Waals surface area contributed by atoms with Gasteiger partial charge in [-0.2, -0.15) is 0 Å². The Kier molecular flexibility index (Phi) is 3.12.